The highest BCUT2D eigenvalue weighted by molar-refractivity contribution is 6.31. The third kappa shape index (κ3) is 3.81. The summed E-state index contributed by atoms with van der Waals surface area (Å²) in [6.07, 6.45) is 2.88. The molecule has 0 aliphatic carbocycles. The Balaban J connectivity index is 1.96. The van der Waals surface area contributed by atoms with Gasteiger partial charge in [-0.15, -0.1) is 0 Å². The molecule has 4 nitrogen and oxygen atoms in total. The zero-order valence-electron chi connectivity index (χ0n) is 12.1. The van der Waals surface area contributed by atoms with E-state index in [0.29, 0.717) is 5.02 Å². The van der Waals surface area contributed by atoms with Crippen molar-refractivity contribution in [2.75, 3.05) is 31.5 Å². The van der Waals surface area contributed by atoms with Crippen molar-refractivity contribution in [1.82, 2.24) is 15.1 Å². The van der Waals surface area contributed by atoms with Gasteiger partial charge in [-0.05, 0) is 44.3 Å². The molecule has 108 valence electrons. The second-order valence-corrected chi connectivity index (χ2v) is 5.16. The van der Waals surface area contributed by atoms with Crippen LogP contribution in [0.3, 0.4) is 0 Å². The maximum Gasteiger partial charge on any atom is 0.0965 e. The van der Waals surface area contributed by atoms with Crippen LogP contribution in [-0.4, -0.2) is 41.3 Å². The fourth-order valence-electron chi connectivity index (χ4n) is 2.24. The fourth-order valence-corrected chi connectivity index (χ4v) is 2.41. The van der Waals surface area contributed by atoms with E-state index in [1.807, 2.05) is 18.2 Å². The van der Waals surface area contributed by atoms with Crippen LogP contribution in [0.25, 0.3) is 10.9 Å². The van der Waals surface area contributed by atoms with Crippen molar-refractivity contribution in [2.45, 2.75) is 20.3 Å². The van der Waals surface area contributed by atoms with Crippen LogP contribution in [0.4, 0.5) is 5.69 Å². The molecule has 0 amide bonds. The van der Waals surface area contributed by atoms with Gasteiger partial charge in [0, 0.05) is 17.0 Å². The fraction of sp³-hybridized carbons (Fsp3) is 0.467. The highest BCUT2D eigenvalue weighted by Crippen LogP contribution is 2.23. The summed E-state index contributed by atoms with van der Waals surface area (Å²) in [6.45, 7) is 8.65. The molecule has 1 aromatic carbocycles. The van der Waals surface area contributed by atoms with Gasteiger partial charge in [0.1, 0.15) is 0 Å². The van der Waals surface area contributed by atoms with Crippen molar-refractivity contribution in [1.29, 1.82) is 0 Å². The van der Waals surface area contributed by atoms with Crippen LogP contribution in [-0.2, 0) is 0 Å². The molecule has 1 aromatic heterocycles. The Morgan fingerprint density at radius 1 is 1.25 bits per heavy atom. The van der Waals surface area contributed by atoms with Gasteiger partial charge >= 0.3 is 0 Å². The summed E-state index contributed by atoms with van der Waals surface area (Å²) >= 11 is 5.97. The zero-order chi connectivity index (χ0) is 14.4. The lowest BCUT2D eigenvalue weighted by Crippen LogP contribution is -2.25. The van der Waals surface area contributed by atoms with Gasteiger partial charge in [-0.1, -0.05) is 25.4 Å². The van der Waals surface area contributed by atoms with E-state index < -0.39 is 0 Å². The average Bonchev–Trinajstić information content (AvgIpc) is 2.47. The number of aromatic nitrogens is 2. The van der Waals surface area contributed by atoms with Gasteiger partial charge in [-0.25, -0.2) is 0 Å². The molecule has 2 rings (SSSR count). The normalized spacial score (nSPS) is 11.2. The minimum absolute atomic E-state index is 0.686. The monoisotopic (exact) mass is 292 g/mol. The van der Waals surface area contributed by atoms with E-state index in [4.69, 9.17) is 11.6 Å². The molecule has 1 heterocycles. The quantitative estimate of drug-likeness (QED) is 0.794. The number of nitrogens with zero attached hydrogens (tertiary/aromatic N) is 3. The Labute approximate surface area is 125 Å². The molecule has 0 fully saturated rings. The highest BCUT2D eigenvalue weighted by Gasteiger charge is 2.04. The van der Waals surface area contributed by atoms with Crippen LogP contribution in [0.1, 0.15) is 20.3 Å². The van der Waals surface area contributed by atoms with Crippen molar-refractivity contribution in [3.05, 3.63) is 29.4 Å². The molecule has 0 atom stereocenters. The third-order valence-corrected chi connectivity index (χ3v) is 3.70. The van der Waals surface area contributed by atoms with Gasteiger partial charge in [0.2, 0.25) is 0 Å². The number of fused-ring (bicyclic) bond motifs is 1. The van der Waals surface area contributed by atoms with E-state index in [1.54, 1.807) is 6.20 Å². The number of halogens is 1. The molecule has 0 bridgehead atoms. The maximum absolute atomic E-state index is 5.97. The van der Waals surface area contributed by atoms with Crippen LogP contribution in [0.15, 0.2) is 24.4 Å². The molecule has 20 heavy (non-hydrogen) atoms. The van der Waals surface area contributed by atoms with Crippen LogP contribution in [0.5, 0.6) is 0 Å². The Hall–Kier alpha value is -1.39. The van der Waals surface area contributed by atoms with Crippen molar-refractivity contribution in [3.8, 4) is 0 Å². The summed E-state index contributed by atoms with van der Waals surface area (Å²) in [6, 6.07) is 5.71. The number of hydrogen-bond acceptors (Lipinski definition) is 4. The van der Waals surface area contributed by atoms with Crippen LogP contribution >= 0.6 is 11.6 Å². The van der Waals surface area contributed by atoms with Crippen molar-refractivity contribution in [3.63, 3.8) is 0 Å². The van der Waals surface area contributed by atoms with E-state index in [0.717, 1.165) is 49.2 Å². The molecule has 0 saturated heterocycles. The lowest BCUT2D eigenvalue weighted by molar-refractivity contribution is 0.303. The standard InChI is InChI=1S/C15H21ClN4/c1-3-20(4-2)9-5-8-17-15-11-18-19-14-10-12(16)6-7-13(14)15/h6-7,10-11H,3-5,8-9H2,1-2H3,(H,17,19). The molecule has 5 heteroatoms. The lowest BCUT2D eigenvalue weighted by atomic mass is 10.2. The highest BCUT2D eigenvalue weighted by atomic mass is 35.5. The molecule has 0 unspecified atom stereocenters. The second-order valence-electron chi connectivity index (χ2n) is 4.73. The van der Waals surface area contributed by atoms with E-state index in [2.05, 4.69) is 34.3 Å². The van der Waals surface area contributed by atoms with E-state index >= 15 is 0 Å². The number of rotatable bonds is 7. The molecule has 0 spiro atoms. The molecule has 2 aromatic rings. The van der Waals surface area contributed by atoms with E-state index in [9.17, 15) is 0 Å². The Kier molecular flexibility index (Phi) is 5.56. The first kappa shape index (κ1) is 15.0. The van der Waals surface area contributed by atoms with Gasteiger partial charge in [-0.2, -0.15) is 10.2 Å². The number of anilines is 1. The first-order valence-electron chi connectivity index (χ1n) is 7.11. The summed E-state index contributed by atoms with van der Waals surface area (Å²) in [7, 11) is 0. The lowest BCUT2D eigenvalue weighted by Gasteiger charge is -2.18. The Morgan fingerprint density at radius 3 is 2.80 bits per heavy atom. The largest absolute Gasteiger partial charge is 0.383 e. The number of nitrogens with one attached hydrogen (secondary N) is 1. The van der Waals surface area contributed by atoms with E-state index in [1.165, 1.54) is 0 Å². The van der Waals surface area contributed by atoms with Crippen molar-refractivity contribution in [2.24, 2.45) is 0 Å². The molecular formula is C15H21ClN4. The summed E-state index contributed by atoms with van der Waals surface area (Å²) < 4.78 is 0. The molecule has 0 aliphatic rings. The van der Waals surface area contributed by atoms with Crippen LogP contribution in [0, 0.1) is 0 Å². The molecule has 1 N–H and O–H groups in total. The third-order valence-electron chi connectivity index (χ3n) is 3.46. The second kappa shape index (κ2) is 7.41. The number of benzene rings is 1. The number of hydrogen-bond donors (Lipinski definition) is 1. The summed E-state index contributed by atoms with van der Waals surface area (Å²) in [4.78, 5) is 2.42. The smallest absolute Gasteiger partial charge is 0.0965 e. The van der Waals surface area contributed by atoms with Gasteiger partial charge in [-0.3, -0.25) is 0 Å². The molecular weight excluding hydrogens is 272 g/mol. The SMILES string of the molecule is CCN(CC)CCCNc1cnnc2cc(Cl)ccc12. The topological polar surface area (TPSA) is 41.0 Å². The van der Waals surface area contributed by atoms with Crippen LogP contribution < -0.4 is 5.32 Å². The van der Waals surface area contributed by atoms with Gasteiger partial charge < -0.3 is 10.2 Å². The zero-order valence-corrected chi connectivity index (χ0v) is 12.8. The minimum atomic E-state index is 0.686. The molecule has 0 radical (unpaired) electrons. The van der Waals surface area contributed by atoms with Gasteiger partial charge in [0.05, 0.1) is 17.4 Å². The minimum Gasteiger partial charge on any atom is -0.383 e. The average molecular weight is 293 g/mol. The van der Waals surface area contributed by atoms with Crippen molar-refractivity contribution >= 4 is 28.2 Å². The van der Waals surface area contributed by atoms with Crippen LogP contribution in [0.2, 0.25) is 5.02 Å². The Bertz CT molecular complexity index is 555. The maximum atomic E-state index is 5.97. The molecule has 0 saturated carbocycles. The first-order chi connectivity index (χ1) is 9.74. The van der Waals surface area contributed by atoms with E-state index in [-0.39, 0.29) is 0 Å². The predicted octanol–water partition coefficient (Wildman–Crippen LogP) is 3.43. The predicted molar refractivity (Wildman–Crippen MR) is 85.4 cm³/mol. The summed E-state index contributed by atoms with van der Waals surface area (Å²) in [5.41, 5.74) is 1.84. The summed E-state index contributed by atoms with van der Waals surface area (Å²) in [5, 5.41) is 13.3. The van der Waals surface area contributed by atoms with Gasteiger partial charge in [0.25, 0.3) is 0 Å². The first-order valence-corrected chi connectivity index (χ1v) is 7.49. The van der Waals surface area contributed by atoms with Crippen molar-refractivity contribution < 1.29 is 0 Å². The van der Waals surface area contributed by atoms with Gasteiger partial charge in [0.15, 0.2) is 0 Å². The molecule has 0 aliphatic heterocycles. The Morgan fingerprint density at radius 2 is 2.05 bits per heavy atom. The summed E-state index contributed by atoms with van der Waals surface area (Å²) in [5.74, 6) is 0.